The fourth-order valence-electron chi connectivity index (χ4n) is 2.58. The molecule has 0 aliphatic heterocycles. The minimum absolute atomic E-state index is 0.101. The lowest BCUT2D eigenvalue weighted by molar-refractivity contribution is -0.141. The van der Waals surface area contributed by atoms with Gasteiger partial charge in [-0.25, -0.2) is 0 Å². The van der Waals surface area contributed by atoms with Crippen molar-refractivity contribution in [3.8, 4) is 5.75 Å². The molecule has 0 unspecified atom stereocenters. The number of carboxylic acid groups (broad SMARTS) is 1. The Bertz CT molecular complexity index is 510. The maximum Gasteiger partial charge on any atom is 0.306 e. The molecule has 2 N–H and O–H groups in total. The third kappa shape index (κ3) is 4.21. The minimum atomic E-state index is -0.805. The van der Waals surface area contributed by atoms with E-state index in [2.05, 4.69) is 5.32 Å². The SMILES string of the molecule is CC(C)Oc1ccc(NC(=O)[C@@H]2CC[C@H](C(=O)O)C2)cc1. The number of carboxylic acids is 1. The Morgan fingerprint density at radius 2 is 1.81 bits per heavy atom. The first kappa shape index (κ1) is 15.4. The van der Waals surface area contributed by atoms with Crippen LogP contribution in [-0.4, -0.2) is 23.1 Å². The lowest BCUT2D eigenvalue weighted by atomic mass is 10.0. The van der Waals surface area contributed by atoms with Crippen molar-refractivity contribution in [2.24, 2.45) is 11.8 Å². The molecule has 0 bridgehead atoms. The van der Waals surface area contributed by atoms with Crippen LogP contribution in [0.2, 0.25) is 0 Å². The van der Waals surface area contributed by atoms with E-state index in [1.807, 2.05) is 26.0 Å². The molecule has 1 aliphatic carbocycles. The second kappa shape index (κ2) is 6.61. The molecule has 1 amide bonds. The average Bonchev–Trinajstić information content (AvgIpc) is 2.90. The number of anilines is 1. The van der Waals surface area contributed by atoms with Gasteiger partial charge in [0.2, 0.25) is 5.91 Å². The smallest absolute Gasteiger partial charge is 0.306 e. The molecule has 1 fully saturated rings. The fraction of sp³-hybridized carbons (Fsp3) is 0.500. The molecule has 5 heteroatoms. The summed E-state index contributed by atoms with van der Waals surface area (Å²) in [6.45, 7) is 3.91. The van der Waals surface area contributed by atoms with E-state index in [9.17, 15) is 9.59 Å². The molecule has 0 aromatic heterocycles. The first-order valence-corrected chi connectivity index (χ1v) is 7.26. The summed E-state index contributed by atoms with van der Waals surface area (Å²) in [5, 5.41) is 11.8. The van der Waals surface area contributed by atoms with Gasteiger partial charge in [0, 0.05) is 11.6 Å². The Morgan fingerprint density at radius 3 is 2.33 bits per heavy atom. The van der Waals surface area contributed by atoms with Crippen LogP contribution in [0.15, 0.2) is 24.3 Å². The van der Waals surface area contributed by atoms with Gasteiger partial charge in [-0.05, 0) is 57.4 Å². The van der Waals surface area contributed by atoms with Crippen LogP contribution in [-0.2, 0) is 9.59 Å². The molecule has 114 valence electrons. The molecule has 1 aromatic carbocycles. The van der Waals surface area contributed by atoms with Crippen LogP contribution >= 0.6 is 0 Å². The highest BCUT2D eigenvalue weighted by molar-refractivity contribution is 5.93. The Balaban J connectivity index is 1.89. The first-order chi connectivity index (χ1) is 9.95. The average molecular weight is 291 g/mol. The van der Waals surface area contributed by atoms with Gasteiger partial charge in [-0.1, -0.05) is 0 Å². The number of nitrogens with one attached hydrogen (secondary N) is 1. The fourth-order valence-corrected chi connectivity index (χ4v) is 2.58. The number of ether oxygens (including phenoxy) is 1. The maximum absolute atomic E-state index is 12.1. The molecule has 0 spiro atoms. The van der Waals surface area contributed by atoms with E-state index in [0.717, 1.165) is 5.75 Å². The van der Waals surface area contributed by atoms with Crippen LogP contribution in [0.25, 0.3) is 0 Å². The molecule has 0 saturated heterocycles. The summed E-state index contributed by atoms with van der Waals surface area (Å²) in [7, 11) is 0. The summed E-state index contributed by atoms with van der Waals surface area (Å²) in [6.07, 6.45) is 1.75. The zero-order valence-corrected chi connectivity index (χ0v) is 12.3. The van der Waals surface area contributed by atoms with E-state index in [0.29, 0.717) is 24.9 Å². The topological polar surface area (TPSA) is 75.6 Å². The van der Waals surface area contributed by atoms with Gasteiger partial charge in [0.25, 0.3) is 0 Å². The van der Waals surface area contributed by atoms with E-state index < -0.39 is 5.97 Å². The van der Waals surface area contributed by atoms with Gasteiger partial charge >= 0.3 is 5.97 Å². The molecule has 0 heterocycles. The minimum Gasteiger partial charge on any atom is -0.491 e. The number of hydrogen-bond acceptors (Lipinski definition) is 3. The molecule has 2 rings (SSSR count). The number of carbonyl (C=O) groups is 2. The first-order valence-electron chi connectivity index (χ1n) is 7.26. The molecule has 2 atom stereocenters. The summed E-state index contributed by atoms with van der Waals surface area (Å²) in [5.41, 5.74) is 0.704. The standard InChI is InChI=1S/C16H21NO4/c1-10(2)21-14-7-5-13(6-8-14)17-15(18)11-3-4-12(9-11)16(19)20/h5-8,10-12H,3-4,9H2,1-2H3,(H,17,18)(H,19,20)/t11-,12+/m1/s1. The number of benzene rings is 1. The molecule has 1 aromatic rings. The van der Waals surface area contributed by atoms with Gasteiger partial charge in [0.1, 0.15) is 5.75 Å². The quantitative estimate of drug-likeness (QED) is 0.874. The number of amides is 1. The van der Waals surface area contributed by atoms with Crippen molar-refractivity contribution in [2.45, 2.75) is 39.2 Å². The lowest BCUT2D eigenvalue weighted by Gasteiger charge is -2.12. The van der Waals surface area contributed by atoms with E-state index in [4.69, 9.17) is 9.84 Å². The van der Waals surface area contributed by atoms with Gasteiger partial charge in [0.05, 0.1) is 12.0 Å². The monoisotopic (exact) mass is 291 g/mol. The zero-order chi connectivity index (χ0) is 15.4. The number of carbonyl (C=O) groups excluding carboxylic acids is 1. The van der Waals surface area contributed by atoms with Crippen LogP contribution in [0.5, 0.6) is 5.75 Å². The summed E-state index contributed by atoms with van der Waals surface area (Å²) in [5.74, 6) is -0.744. The van der Waals surface area contributed by atoms with Crippen molar-refractivity contribution in [3.63, 3.8) is 0 Å². The normalized spacial score (nSPS) is 21.3. The predicted molar refractivity (Wildman–Crippen MR) is 79.3 cm³/mol. The highest BCUT2D eigenvalue weighted by atomic mass is 16.5. The Morgan fingerprint density at radius 1 is 1.19 bits per heavy atom. The van der Waals surface area contributed by atoms with Crippen molar-refractivity contribution in [1.29, 1.82) is 0 Å². The van der Waals surface area contributed by atoms with Crippen molar-refractivity contribution in [1.82, 2.24) is 0 Å². The van der Waals surface area contributed by atoms with Gasteiger partial charge < -0.3 is 15.2 Å². The van der Waals surface area contributed by atoms with E-state index in [1.165, 1.54) is 0 Å². The molecular formula is C16H21NO4. The predicted octanol–water partition coefficient (Wildman–Crippen LogP) is 2.91. The summed E-state index contributed by atoms with van der Waals surface area (Å²) >= 11 is 0. The molecule has 1 aliphatic rings. The molecular weight excluding hydrogens is 270 g/mol. The lowest BCUT2D eigenvalue weighted by Crippen LogP contribution is -2.21. The molecule has 0 radical (unpaired) electrons. The highest BCUT2D eigenvalue weighted by Crippen LogP contribution is 2.32. The van der Waals surface area contributed by atoms with Crippen molar-refractivity contribution >= 4 is 17.6 Å². The third-order valence-electron chi connectivity index (χ3n) is 3.65. The van der Waals surface area contributed by atoms with Crippen LogP contribution in [0.3, 0.4) is 0 Å². The second-order valence-electron chi connectivity index (χ2n) is 5.73. The second-order valence-corrected chi connectivity index (χ2v) is 5.73. The van der Waals surface area contributed by atoms with Gasteiger partial charge in [-0.2, -0.15) is 0 Å². The molecule has 5 nitrogen and oxygen atoms in total. The van der Waals surface area contributed by atoms with Crippen molar-refractivity contribution in [3.05, 3.63) is 24.3 Å². The Labute approximate surface area is 124 Å². The summed E-state index contributed by atoms with van der Waals surface area (Å²) < 4.78 is 5.54. The molecule has 21 heavy (non-hydrogen) atoms. The summed E-state index contributed by atoms with van der Waals surface area (Å²) in [6, 6.07) is 7.20. The highest BCUT2D eigenvalue weighted by Gasteiger charge is 2.33. The van der Waals surface area contributed by atoms with Crippen LogP contribution in [0.4, 0.5) is 5.69 Å². The maximum atomic E-state index is 12.1. The van der Waals surface area contributed by atoms with Crippen LogP contribution in [0, 0.1) is 11.8 Å². The number of aliphatic carboxylic acids is 1. The molecule has 1 saturated carbocycles. The van der Waals surface area contributed by atoms with Crippen molar-refractivity contribution < 1.29 is 19.4 Å². The van der Waals surface area contributed by atoms with Gasteiger partial charge in [-0.3, -0.25) is 9.59 Å². The number of hydrogen-bond donors (Lipinski definition) is 2. The van der Waals surface area contributed by atoms with Gasteiger partial charge in [-0.15, -0.1) is 0 Å². The van der Waals surface area contributed by atoms with E-state index in [1.54, 1.807) is 12.1 Å². The van der Waals surface area contributed by atoms with Gasteiger partial charge in [0.15, 0.2) is 0 Å². The van der Waals surface area contributed by atoms with E-state index in [-0.39, 0.29) is 23.8 Å². The number of rotatable bonds is 5. The van der Waals surface area contributed by atoms with Crippen LogP contribution < -0.4 is 10.1 Å². The van der Waals surface area contributed by atoms with Crippen LogP contribution in [0.1, 0.15) is 33.1 Å². The Kier molecular flexibility index (Phi) is 4.83. The summed E-state index contributed by atoms with van der Waals surface area (Å²) in [4.78, 5) is 23.0. The zero-order valence-electron chi connectivity index (χ0n) is 12.3. The van der Waals surface area contributed by atoms with Crippen molar-refractivity contribution in [2.75, 3.05) is 5.32 Å². The van der Waals surface area contributed by atoms with E-state index >= 15 is 0 Å². The Hall–Kier alpha value is -2.04. The largest absolute Gasteiger partial charge is 0.491 e. The third-order valence-corrected chi connectivity index (χ3v) is 3.65.